The number of ether oxygens (including phenoxy) is 1. The van der Waals surface area contributed by atoms with E-state index >= 15 is 0 Å². The lowest BCUT2D eigenvalue weighted by Gasteiger charge is -2.12. The molecule has 0 spiro atoms. The Labute approximate surface area is 118 Å². The predicted molar refractivity (Wildman–Crippen MR) is 78.1 cm³/mol. The number of carbonyl (C=O) groups is 1. The van der Waals surface area contributed by atoms with Crippen molar-refractivity contribution in [3.8, 4) is 0 Å². The first-order chi connectivity index (χ1) is 8.49. The number of aryl methyl sites for hydroxylation is 2. The largest absolute Gasteiger partial charge is 0.462 e. The first kappa shape index (κ1) is 15.2. The molecule has 0 aliphatic heterocycles. The number of alkyl halides is 1. The summed E-state index contributed by atoms with van der Waals surface area (Å²) in [7, 11) is 0. The van der Waals surface area contributed by atoms with Crippen molar-refractivity contribution in [1.82, 2.24) is 0 Å². The Morgan fingerprint density at radius 1 is 1.28 bits per heavy atom. The zero-order valence-electron chi connectivity index (χ0n) is 11.3. The van der Waals surface area contributed by atoms with E-state index in [0.717, 1.165) is 19.3 Å². The fraction of sp³-hybridized carbons (Fsp3) is 0.533. The van der Waals surface area contributed by atoms with Crippen molar-refractivity contribution >= 4 is 21.9 Å². The lowest BCUT2D eigenvalue weighted by Crippen LogP contribution is -2.21. The Morgan fingerprint density at radius 3 is 2.44 bits per heavy atom. The smallest absolute Gasteiger partial charge is 0.319 e. The van der Waals surface area contributed by atoms with E-state index in [2.05, 4.69) is 47.1 Å². The normalized spacial score (nSPS) is 12.5. The van der Waals surface area contributed by atoms with Crippen LogP contribution in [0.5, 0.6) is 0 Å². The molecule has 0 aliphatic rings. The van der Waals surface area contributed by atoms with Crippen molar-refractivity contribution in [3.05, 3.63) is 35.4 Å². The predicted octanol–water partition coefficient (Wildman–Crippen LogP) is 4.03. The van der Waals surface area contributed by atoms with Gasteiger partial charge in [-0.2, -0.15) is 0 Å². The first-order valence-electron chi connectivity index (χ1n) is 6.39. The Bertz CT molecular complexity index is 371. The van der Waals surface area contributed by atoms with E-state index in [1.807, 2.05) is 13.8 Å². The number of hydrogen-bond donors (Lipinski definition) is 0. The molecule has 18 heavy (non-hydrogen) atoms. The molecular formula is C15H21BrO2. The van der Waals surface area contributed by atoms with Crippen LogP contribution in [0.15, 0.2) is 24.3 Å². The third kappa shape index (κ3) is 5.67. The zero-order chi connectivity index (χ0) is 13.5. The average Bonchev–Trinajstić information content (AvgIpc) is 2.30. The van der Waals surface area contributed by atoms with Gasteiger partial charge in [0.2, 0.25) is 0 Å². The highest BCUT2D eigenvalue weighted by molar-refractivity contribution is 9.10. The van der Waals surface area contributed by atoms with Crippen LogP contribution in [0.25, 0.3) is 0 Å². The lowest BCUT2D eigenvalue weighted by molar-refractivity contribution is -0.146. The van der Waals surface area contributed by atoms with Gasteiger partial charge in [0, 0.05) is 0 Å². The molecule has 0 N–H and O–H groups in total. The summed E-state index contributed by atoms with van der Waals surface area (Å²) >= 11 is 3.38. The summed E-state index contributed by atoms with van der Waals surface area (Å²) in [6.07, 6.45) is 2.73. The highest BCUT2D eigenvalue weighted by atomic mass is 79.9. The highest BCUT2D eigenvalue weighted by Crippen LogP contribution is 2.14. The molecule has 0 aromatic heterocycles. The van der Waals surface area contributed by atoms with Crippen molar-refractivity contribution < 1.29 is 9.53 Å². The summed E-state index contributed by atoms with van der Waals surface area (Å²) in [6, 6.07) is 8.53. The molecule has 0 heterocycles. The van der Waals surface area contributed by atoms with Gasteiger partial charge in [0.05, 0.1) is 6.10 Å². The van der Waals surface area contributed by atoms with Crippen molar-refractivity contribution in [3.63, 3.8) is 0 Å². The minimum absolute atomic E-state index is 0.0466. The topological polar surface area (TPSA) is 26.3 Å². The van der Waals surface area contributed by atoms with Crippen LogP contribution in [0.4, 0.5) is 0 Å². The van der Waals surface area contributed by atoms with E-state index in [9.17, 15) is 4.79 Å². The van der Waals surface area contributed by atoms with Gasteiger partial charge in [-0.1, -0.05) is 45.8 Å². The van der Waals surface area contributed by atoms with Crippen LogP contribution in [0.1, 0.15) is 37.8 Å². The summed E-state index contributed by atoms with van der Waals surface area (Å²) in [4.78, 5) is 11.4. The van der Waals surface area contributed by atoms with Crippen LogP contribution in [-0.2, 0) is 16.0 Å². The molecule has 1 atom stereocenters. The molecule has 0 bridgehead atoms. The second-order valence-electron chi connectivity index (χ2n) is 4.83. The van der Waals surface area contributed by atoms with E-state index < -0.39 is 0 Å². The Kier molecular flexibility index (Phi) is 6.41. The third-order valence-electron chi connectivity index (χ3n) is 2.65. The molecule has 0 fully saturated rings. The van der Waals surface area contributed by atoms with Crippen molar-refractivity contribution in [2.24, 2.45) is 0 Å². The maximum Gasteiger partial charge on any atom is 0.319 e. The number of hydrogen-bond acceptors (Lipinski definition) is 2. The summed E-state index contributed by atoms with van der Waals surface area (Å²) in [6.45, 7) is 5.81. The van der Waals surface area contributed by atoms with Gasteiger partial charge in [-0.05, 0) is 45.6 Å². The van der Waals surface area contributed by atoms with Crippen LogP contribution < -0.4 is 0 Å². The molecule has 0 amide bonds. The van der Waals surface area contributed by atoms with E-state index in [1.54, 1.807) is 0 Å². The van der Waals surface area contributed by atoms with E-state index in [1.165, 1.54) is 11.1 Å². The van der Waals surface area contributed by atoms with Crippen LogP contribution in [0.2, 0.25) is 0 Å². The summed E-state index contributed by atoms with van der Waals surface area (Å²) in [5, 5.41) is 0. The first-order valence-corrected chi connectivity index (χ1v) is 7.30. The molecule has 1 aromatic rings. The van der Waals surface area contributed by atoms with Crippen molar-refractivity contribution in [2.45, 2.75) is 51.0 Å². The maximum atomic E-state index is 11.6. The summed E-state index contributed by atoms with van der Waals surface area (Å²) in [5.41, 5.74) is 2.59. The van der Waals surface area contributed by atoms with E-state index in [4.69, 9.17) is 4.74 Å². The minimum atomic E-state index is -0.189. The van der Waals surface area contributed by atoms with Gasteiger partial charge in [-0.15, -0.1) is 0 Å². The average molecular weight is 313 g/mol. The van der Waals surface area contributed by atoms with Gasteiger partial charge in [-0.3, -0.25) is 4.79 Å². The quantitative estimate of drug-likeness (QED) is 0.585. The van der Waals surface area contributed by atoms with E-state index in [-0.39, 0.29) is 16.9 Å². The molecule has 3 heteroatoms. The molecule has 0 radical (unpaired) electrons. The Balaban J connectivity index is 2.28. The number of rotatable bonds is 6. The maximum absolute atomic E-state index is 11.6. The van der Waals surface area contributed by atoms with Gasteiger partial charge in [0.15, 0.2) is 0 Å². The minimum Gasteiger partial charge on any atom is -0.462 e. The van der Waals surface area contributed by atoms with Gasteiger partial charge < -0.3 is 4.74 Å². The molecule has 0 saturated heterocycles. The van der Waals surface area contributed by atoms with E-state index in [0.29, 0.717) is 0 Å². The summed E-state index contributed by atoms with van der Waals surface area (Å²) < 4.78 is 5.14. The SMILES string of the molecule is Cc1ccc(CCCC(Br)C(=O)OC(C)C)cc1. The standard InChI is InChI=1S/C15H21BrO2/c1-11(2)18-15(17)14(16)6-4-5-13-9-7-12(3)8-10-13/h7-11,14H,4-6H2,1-3H3. The molecule has 2 nitrogen and oxygen atoms in total. The second-order valence-corrected chi connectivity index (χ2v) is 5.94. The molecule has 0 saturated carbocycles. The summed E-state index contributed by atoms with van der Waals surface area (Å²) in [5.74, 6) is -0.158. The third-order valence-corrected chi connectivity index (χ3v) is 3.48. The van der Waals surface area contributed by atoms with Crippen LogP contribution >= 0.6 is 15.9 Å². The highest BCUT2D eigenvalue weighted by Gasteiger charge is 2.16. The van der Waals surface area contributed by atoms with Gasteiger partial charge >= 0.3 is 5.97 Å². The molecule has 100 valence electrons. The number of esters is 1. The monoisotopic (exact) mass is 312 g/mol. The Morgan fingerprint density at radius 2 is 1.89 bits per heavy atom. The van der Waals surface area contributed by atoms with Gasteiger partial charge in [0.25, 0.3) is 0 Å². The van der Waals surface area contributed by atoms with Crippen molar-refractivity contribution in [2.75, 3.05) is 0 Å². The fourth-order valence-corrected chi connectivity index (χ4v) is 2.10. The second kappa shape index (κ2) is 7.57. The van der Waals surface area contributed by atoms with Crippen molar-refractivity contribution in [1.29, 1.82) is 0 Å². The molecule has 1 rings (SSSR count). The zero-order valence-corrected chi connectivity index (χ0v) is 12.9. The fourth-order valence-electron chi connectivity index (χ4n) is 1.66. The lowest BCUT2D eigenvalue weighted by atomic mass is 10.1. The van der Waals surface area contributed by atoms with Gasteiger partial charge in [-0.25, -0.2) is 0 Å². The Hall–Kier alpha value is -0.830. The van der Waals surface area contributed by atoms with Gasteiger partial charge in [0.1, 0.15) is 4.83 Å². The number of halogens is 1. The molecule has 1 aromatic carbocycles. The van der Waals surface area contributed by atoms with Crippen LogP contribution in [0, 0.1) is 6.92 Å². The molecule has 1 unspecified atom stereocenters. The number of benzene rings is 1. The molecule has 0 aliphatic carbocycles. The van der Waals surface area contributed by atoms with Crippen LogP contribution in [0.3, 0.4) is 0 Å². The molecular weight excluding hydrogens is 292 g/mol. The van der Waals surface area contributed by atoms with Crippen LogP contribution in [-0.4, -0.2) is 16.9 Å². The number of carbonyl (C=O) groups excluding carboxylic acids is 1.